The van der Waals surface area contributed by atoms with Crippen LogP contribution in [0.1, 0.15) is 69.7 Å². The van der Waals surface area contributed by atoms with Gasteiger partial charge < -0.3 is 0 Å². The zero-order chi connectivity index (χ0) is 20.1. The van der Waals surface area contributed by atoms with Gasteiger partial charge in [-0.2, -0.15) is 0 Å². The molecule has 0 amide bonds. The third-order valence-electron chi connectivity index (χ3n) is 6.18. The lowest BCUT2D eigenvalue weighted by Gasteiger charge is -2.25. The third kappa shape index (κ3) is 3.30. The third-order valence-corrected chi connectivity index (χ3v) is 6.18. The highest BCUT2D eigenvalue weighted by Crippen LogP contribution is 2.51. The van der Waals surface area contributed by atoms with Crippen LogP contribution in [0.25, 0.3) is 11.1 Å². The van der Waals surface area contributed by atoms with E-state index in [1.165, 1.54) is 33.4 Å². The van der Waals surface area contributed by atoms with Gasteiger partial charge in [-0.1, -0.05) is 114 Å². The summed E-state index contributed by atoms with van der Waals surface area (Å²) in [6.07, 6.45) is 13.4. The molecule has 0 aliphatic heterocycles. The Hall–Kier alpha value is -2.34. The lowest BCUT2D eigenvalue weighted by Crippen LogP contribution is -2.14. The van der Waals surface area contributed by atoms with Crippen LogP contribution in [0.4, 0.5) is 0 Å². The molecule has 0 unspecified atom stereocenters. The van der Waals surface area contributed by atoms with Gasteiger partial charge in [-0.05, 0) is 44.2 Å². The summed E-state index contributed by atoms with van der Waals surface area (Å²) in [6, 6.07) is 14.3. The molecule has 144 valence electrons. The van der Waals surface area contributed by atoms with Crippen molar-refractivity contribution in [3.05, 3.63) is 95.1 Å². The first-order valence-corrected chi connectivity index (χ1v) is 10.5. The standard InChI is InChI=1S/C28H32/c1-27(2,3)20-13-15-22-23-16-14-21(28(4,5)6)18-25(23)26(24(22)17-20)19-11-9-7-8-10-12-19/h7-19,26H,1-6H3. The topological polar surface area (TPSA) is 0 Å². The van der Waals surface area contributed by atoms with E-state index in [4.69, 9.17) is 0 Å². The van der Waals surface area contributed by atoms with E-state index in [0.717, 1.165) is 0 Å². The molecule has 0 heteroatoms. The summed E-state index contributed by atoms with van der Waals surface area (Å²) in [6.45, 7) is 13.8. The Kier molecular flexibility index (Phi) is 4.49. The molecule has 0 N–H and O–H groups in total. The van der Waals surface area contributed by atoms with Gasteiger partial charge in [0.15, 0.2) is 0 Å². The van der Waals surface area contributed by atoms with Gasteiger partial charge >= 0.3 is 0 Å². The van der Waals surface area contributed by atoms with E-state index in [9.17, 15) is 0 Å². The van der Waals surface area contributed by atoms with Gasteiger partial charge in [-0.3, -0.25) is 0 Å². The maximum absolute atomic E-state index is 2.47. The van der Waals surface area contributed by atoms with Crippen LogP contribution >= 0.6 is 0 Å². The molecule has 0 atom stereocenters. The van der Waals surface area contributed by atoms with Gasteiger partial charge in [0.25, 0.3) is 0 Å². The second-order valence-electron chi connectivity index (χ2n) is 10.3. The van der Waals surface area contributed by atoms with E-state index in [1.54, 1.807) is 0 Å². The molecule has 2 aliphatic carbocycles. The van der Waals surface area contributed by atoms with Crippen LogP contribution in [0, 0.1) is 5.92 Å². The van der Waals surface area contributed by atoms with Crippen molar-refractivity contribution in [3.8, 4) is 11.1 Å². The molecule has 0 aromatic heterocycles. The van der Waals surface area contributed by atoms with Gasteiger partial charge in [-0.15, -0.1) is 0 Å². The van der Waals surface area contributed by atoms with Crippen molar-refractivity contribution in [1.82, 2.24) is 0 Å². The first-order chi connectivity index (χ1) is 13.2. The number of allylic oxidation sites excluding steroid dienone is 6. The highest BCUT2D eigenvalue weighted by Gasteiger charge is 2.34. The summed E-state index contributed by atoms with van der Waals surface area (Å²) >= 11 is 0. The number of fused-ring (bicyclic) bond motifs is 3. The van der Waals surface area contributed by atoms with Gasteiger partial charge in [-0.25, -0.2) is 0 Å². The zero-order valence-electron chi connectivity index (χ0n) is 18.1. The van der Waals surface area contributed by atoms with Crippen molar-refractivity contribution in [1.29, 1.82) is 0 Å². The lowest BCUT2D eigenvalue weighted by molar-refractivity contribution is 0.585. The quantitative estimate of drug-likeness (QED) is 0.484. The number of benzene rings is 2. The Labute approximate surface area is 170 Å². The average molecular weight is 369 g/mol. The molecule has 0 spiro atoms. The molecule has 0 saturated carbocycles. The summed E-state index contributed by atoms with van der Waals surface area (Å²) in [5, 5.41) is 0. The molecule has 0 heterocycles. The monoisotopic (exact) mass is 368 g/mol. The Morgan fingerprint density at radius 1 is 0.571 bits per heavy atom. The Balaban J connectivity index is 1.93. The predicted molar refractivity (Wildman–Crippen MR) is 122 cm³/mol. The van der Waals surface area contributed by atoms with Crippen LogP contribution in [-0.4, -0.2) is 0 Å². The maximum Gasteiger partial charge on any atom is 0.0199 e. The SMILES string of the molecule is CC(C)(C)c1ccc2c(c1)C(C1C=CC=CC=C1)c1cc(C(C)(C)C)ccc1-2. The van der Waals surface area contributed by atoms with Crippen LogP contribution in [-0.2, 0) is 10.8 Å². The second kappa shape index (κ2) is 6.62. The van der Waals surface area contributed by atoms with Gasteiger partial charge in [0.1, 0.15) is 0 Å². The van der Waals surface area contributed by atoms with Gasteiger partial charge in [0.05, 0.1) is 0 Å². The fourth-order valence-corrected chi connectivity index (χ4v) is 4.45. The van der Waals surface area contributed by atoms with Crippen LogP contribution < -0.4 is 0 Å². The number of hydrogen-bond acceptors (Lipinski definition) is 0. The number of hydrogen-bond donors (Lipinski definition) is 0. The van der Waals surface area contributed by atoms with Crippen LogP contribution in [0.2, 0.25) is 0 Å². The Bertz CT molecular complexity index is 904. The molecule has 0 radical (unpaired) electrons. The first kappa shape index (κ1) is 19.0. The van der Waals surface area contributed by atoms with Crippen molar-refractivity contribution in [2.24, 2.45) is 5.92 Å². The highest BCUT2D eigenvalue weighted by atomic mass is 14.4. The highest BCUT2D eigenvalue weighted by molar-refractivity contribution is 5.80. The van der Waals surface area contributed by atoms with Crippen LogP contribution in [0.3, 0.4) is 0 Å². The molecule has 0 fully saturated rings. The van der Waals surface area contributed by atoms with Gasteiger partial charge in [0.2, 0.25) is 0 Å². The minimum Gasteiger partial charge on any atom is -0.0767 e. The van der Waals surface area contributed by atoms with Crippen molar-refractivity contribution >= 4 is 0 Å². The Morgan fingerprint density at radius 2 is 1.00 bits per heavy atom. The summed E-state index contributed by atoms with van der Waals surface area (Å²) in [4.78, 5) is 0. The molecular weight excluding hydrogens is 336 g/mol. The van der Waals surface area contributed by atoms with E-state index < -0.39 is 0 Å². The van der Waals surface area contributed by atoms with Crippen molar-refractivity contribution < 1.29 is 0 Å². The molecule has 4 rings (SSSR count). The Morgan fingerprint density at radius 3 is 1.39 bits per heavy atom. The van der Waals surface area contributed by atoms with E-state index in [-0.39, 0.29) is 10.8 Å². The van der Waals surface area contributed by atoms with E-state index >= 15 is 0 Å². The zero-order valence-corrected chi connectivity index (χ0v) is 18.1. The number of rotatable bonds is 1. The van der Waals surface area contributed by atoms with Crippen molar-refractivity contribution in [2.75, 3.05) is 0 Å². The molecule has 2 aromatic rings. The average Bonchev–Trinajstić information content (AvgIpc) is 2.76. The molecule has 0 bridgehead atoms. The summed E-state index contributed by atoms with van der Waals surface area (Å²) in [5.74, 6) is 0.752. The maximum atomic E-state index is 2.47. The van der Waals surface area contributed by atoms with Crippen molar-refractivity contribution in [2.45, 2.75) is 58.3 Å². The van der Waals surface area contributed by atoms with Gasteiger partial charge in [0, 0.05) is 11.8 Å². The van der Waals surface area contributed by atoms with E-state index in [1.807, 2.05) is 0 Å². The minimum atomic E-state index is 0.154. The second-order valence-corrected chi connectivity index (χ2v) is 10.3. The minimum absolute atomic E-state index is 0.154. The molecule has 28 heavy (non-hydrogen) atoms. The first-order valence-electron chi connectivity index (χ1n) is 10.5. The lowest BCUT2D eigenvalue weighted by atomic mass is 9.79. The molecule has 0 nitrogen and oxygen atoms in total. The molecule has 2 aromatic carbocycles. The van der Waals surface area contributed by atoms with E-state index in [2.05, 4.69) is 114 Å². The fourth-order valence-electron chi connectivity index (χ4n) is 4.45. The smallest absolute Gasteiger partial charge is 0.0199 e. The van der Waals surface area contributed by atoms with E-state index in [0.29, 0.717) is 11.8 Å². The van der Waals surface area contributed by atoms with Crippen molar-refractivity contribution in [3.63, 3.8) is 0 Å². The fraction of sp³-hybridized carbons (Fsp3) is 0.357. The molecular formula is C28H32. The summed E-state index contributed by atoms with van der Waals surface area (Å²) in [5.41, 5.74) is 8.92. The summed E-state index contributed by atoms with van der Waals surface area (Å²) in [7, 11) is 0. The molecule has 2 aliphatic rings. The largest absolute Gasteiger partial charge is 0.0767 e. The van der Waals surface area contributed by atoms with Crippen LogP contribution in [0.15, 0.2) is 72.9 Å². The predicted octanol–water partition coefficient (Wildman–Crippen LogP) is 7.69. The molecule has 0 saturated heterocycles. The summed E-state index contributed by atoms with van der Waals surface area (Å²) < 4.78 is 0. The van der Waals surface area contributed by atoms with Crippen LogP contribution in [0.5, 0.6) is 0 Å². The normalized spacial score (nSPS) is 16.9.